The van der Waals surface area contributed by atoms with Crippen LogP contribution in [-0.4, -0.2) is 21.8 Å². The number of rotatable bonds is 2. The first-order chi connectivity index (χ1) is 8.11. The Morgan fingerprint density at radius 3 is 2.53 bits per heavy atom. The van der Waals surface area contributed by atoms with E-state index in [0.29, 0.717) is 0 Å². The number of hydrogen-bond donors (Lipinski definition) is 0. The molecular formula is C10H10N4O2S. The highest BCUT2D eigenvalue weighted by atomic mass is 32.1. The van der Waals surface area contributed by atoms with Crippen molar-refractivity contribution in [2.24, 2.45) is 12.0 Å². The molecule has 0 saturated carbocycles. The minimum atomic E-state index is -0.418. The molecule has 0 atom stereocenters. The molecule has 0 fully saturated rings. The third-order valence-corrected chi connectivity index (χ3v) is 3.36. The van der Waals surface area contributed by atoms with Crippen LogP contribution in [-0.2, 0) is 7.05 Å². The number of aryl methyl sites for hydroxylation is 1. The first kappa shape index (κ1) is 11.5. The van der Waals surface area contributed by atoms with E-state index in [9.17, 15) is 10.1 Å². The first-order valence-corrected chi connectivity index (χ1v) is 5.65. The Kier molecular flexibility index (Phi) is 3.01. The van der Waals surface area contributed by atoms with Crippen molar-refractivity contribution in [1.82, 2.24) is 9.78 Å². The molecule has 2 rings (SSSR count). The van der Waals surface area contributed by atoms with Gasteiger partial charge < -0.3 is 0 Å². The van der Waals surface area contributed by atoms with Gasteiger partial charge in [-0.05, 0) is 12.1 Å². The molecule has 2 aromatic rings. The van der Waals surface area contributed by atoms with Gasteiger partial charge in [0.15, 0.2) is 0 Å². The Morgan fingerprint density at radius 2 is 2.06 bits per heavy atom. The monoisotopic (exact) mass is 250 g/mol. The van der Waals surface area contributed by atoms with Gasteiger partial charge in [0.05, 0.1) is 4.92 Å². The summed E-state index contributed by atoms with van der Waals surface area (Å²) in [6.07, 6.45) is 0. The molecule has 0 aliphatic heterocycles. The predicted molar refractivity (Wildman–Crippen MR) is 64.7 cm³/mol. The van der Waals surface area contributed by atoms with Gasteiger partial charge in [-0.3, -0.25) is 15.1 Å². The maximum atomic E-state index is 10.5. The highest BCUT2D eigenvalue weighted by molar-refractivity contribution is 7.12. The number of hydrogen-bond acceptors (Lipinski definition) is 5. The highest BCUT2D eigenvalue weighted by Gasteiger charge is 2.08. The fourth-order valence-electron chi connectivity index (χ4n) is 1.38. The largest absolute Gasteiger partial charge is 0.269 e. The Labute approximate surface area is 101 Å². The first-order valence-electron chi connectivity index (χ1n) is 4.83. The van der Waals surface area contributed by atoms with Crippen molar-refractivity contribution in [2.75, 3.05) is 7.05 Å². The van der Waals surface area contributed by atoms with Crippen molar-refractivity contribution in [2.45, 2.75) is 0 Å². The van der Waals surface area contributed by atoms with Gasteiger partial charge in [-0.25, -0.2) is 4.68 Å². The topological polar surface area (TPSA) is 73.3 Å². The summed E-state index contributed by atoms with van der Waals surface area (Å²) in [5, 5.41) is 15.6. The van der Waals surface area contributed by atoms with Crippen LogP contribution in [0.25, 0.3) is 10.6 Å². The molecule has 0 saturated heterocycles. The summed E-state index contributed by atoms with van der Waals surface area (Å²) in [5.41, 5.74) is 0.932. The van der Waals surface area contributed by atoms with Crippen LogP contribution in [0.2, 0.25) is 0 Å². The molecule has 0 N–H and O–H groups in total. The lowest BCUT2D eigenvalue weighted by Crippen LogP contribution is -2.10. The molecule has 0 aliphatic carbocycles. The van der Waals surface area contributed by atoms with E-state index >= 15 is 0 Å². The molecule has 1 aromatic heterocycles. The summed E-state index contributed by atoms with van der Waals surface area (Å²) in [6, 6.07) is 6.33. The van der Waals surface area contributed by atoms with E-state index in [0.717, 1.165) is 15.4 Å². The molecule has 1 aromatic carbocycles. The summed E-state index contributed by atoms with van der Waals surface area (Å²) in [6.45, 7) is 0. The molecule has 1 heterocycles. The van der Waals surface area contributed by atoms with Crippen molar-refractivity contribution >= 4 is 17.0 Å². The third-order valence-electron chi connectivity index (χ3n) is 2.22. The smallest absolute Gasteiger partial charge is 0.261 e. The molecule has 88 valence electrons. The minimum absolute atomic E-state index is 0.0788. The molecule has 0 amide bonds. The summed E-state index contributed by atoms with van der Waals surface area (Å²) < 4.78 is 1.68. The van der Waals surface area contributed by atoms with E-state index in [1.807, 2.05) is 7.05 Å². The Balaban J connectivity index is 2.43. The third kappa shape index (κ3) is 2.23. The number of nitro benzene ring substituents is 1. The van der Waals surface area contributed by atoms with Crippen LogP contribution in [0, 0.1) is 10.1 Å². The zero-order valence-corrected chi connectivity index (χ0v) is 10.1. The lowest BCUT2D eigenvalue weighted by Gasteiger charge is -1.94. The lowest BCUT2D eigenvalue weighted by molar-refractivity contribution is -0.384. The van der Waals surface area contributed by atoms with Crippen molar-refractivity contribution < 1.29 is 4.92 Å². The van der Waals surface area contributed by atoms with E-state index in [2.05, 4.69) is 10.1 Å². The normalized spacial score (nSPS) is 11.8. The SMILES string of the molecule is CN=c1sc(-c2ccc([N+](=O)[O-])cc2)nn1C. The van der Waals surface area contributed by atoms with Crippen LogP contribution >= 0.6 is 11.3 Å². The molecule has 7 heteroatoms. The maximum Gasteiger partial charge on any atom is 0.269 e. The van der Waals surface area contributed by atoms with E-state index in [1.54, 1.807) is 23.9 Å². The van der Waals surface area contributed by atoms with Crippen LogP contribution in [0.1, 0.15) is 0 Å². The second-order valence-electron chi connectivity index (χ2n) is 3.34. The van der Waals surface area contributed by atoms with Gasteiger partial charge in [0.1, 0.15) is 5.01 Å². The molecule has 6 nitrogen and oxygen atoms in total. The van der Waals surface area contributed by atoms with Crippen molar-refractivity contribution in [3.63, 3.8) is 0 Å². The average Bonchev–Trinajstić information content (AvgIpc) is 2.70. The predicted octanol–water partition coefficient (Wildman–Crippen LogP) is 1.59. The van der Waals surface area contributed by atoms with Crippen LogP contribution in [0.5, 0.6) is 0 Å². The summed E-state index contributed by atoms with van der Waals surface area (Å²) >= 11 is 1.44. The minimum Gasteiger partial charge on any atom is -0.261 e. The van der Waals surface area contributed by atoms with Crippen LogP contribution in [0.15, 0.2) is 29.3 Å². The molecule has 0 unspecified atom stereocenters. The fraction of sp³-hybridized carbons (Fsp3) is 0.200. The van der Waals surface area contributed by atoms with Gasteiger partial charge in [-0.2, -0.15) is 5.10 Å². The van der Waals surface area contributed by atoms with Crippen molar-refractivity contribution in [1.29, 1.82) is 0 Å². The average molecular weight is 250 g/mol. The summed E-state index contributed by atoms with van der Waals surface area (Å²) in [4.78, 5) is 15.0. The number of non-ortho nitro benzene ring substituents is 1. The van der Waals surface area contributed by atoms with Crippen molar-refractivity contribution in [3.05, 3.63) is 39.2 Å². The van der Waals surface area contributed by atoms with Gasteiger partial charge >= 0.3 is 0 Å². The Bertz CT molecular complexity index is 612. The Hall–Kier alpha value is -2.02. The van der Waals surface area contributed by atoms with E-state index in [1.165, 1.54) is 23.5 Å². The van der Waals surface area contributed by atoms with Gasteiger partial charge in [0, 0.05) is 31.8 Å². The van der Waals surface area contributed by atoms with E-state index in [-0.39, 0.29) is 5.69 Å². The number of nitrogens with zero attached hydrogens (tertiary/aromatic N) is 4. The Morgan fingerprint density at radius 1 is 1.41 bits per heavy atom. The van der Waals surface area contributed by atoms with Gasteiger partial charge in [0.2, 0.25) is 4.80 Å². The lowest BCUT2D eigenvalue weighted by atomic mass is 10.2. The highest BCUT2D eigenvalue weighted by Crippen LogP contribution is 2.22. The zero-order chi connectivity index (χ0) is 12.4. The summed E-state index contributed by atoms with van der Waals surface area (Å²) in [5.74, 6) is 0. The van der Waals surface area contributed by atoms with Crippen LogP contribution in [0.3, 0.4) is 0 Å². The fourth-order valence-corrected chi connectivity index (χ4v) is 2.24. The molecule has 17 heavy (non-hydrogen) atoms. The van der Waals surface area contributed by atoms with Gasteiger partial charge in [-0.15, -0.1) is 0 Å². The molecule has 0 radical (unpaired) electrons. The maximum absolute atomic E-state index is 10.5. The summed E-state index contributed by atoms with van der Waals surface area (Å²) in [7, 11) is 3.51. The van der Waals surface area contributed by atoms with Crippen LogP contribution in [0.4, 0.5) is 5.69 Å². The van der Waals surface area contributed by atoms with Crippen LogP contribution < -0.4 is 4.80 Å². The van der Waals surface area contributed by atoms with Crippen molar-refractivity contribution in [3.8, 4) is 10.6 Å². The molecule has 0 bridgehead atoms. The standard InChI is InChI=1S/C10H10N4O2S/c1-11-10-13(2)12-9(17-10)7-3-5-8(6-4-7)14(15)16/h3-6H,1-2H3. The molecular weight excluding hydrogens is 240 g/mol. The molecule has 0 spiro atoms. The zero-order valence-electron chi connectivity index (χ0n) is 9.32. The van der Waals surface area contributed by atoms with E-state index < -0.39 is 4.92 Å². The quantitative estimate of drug-likeness (QED) is 0.600. The number of aromatic nitrogens is 2. The second-order valence-corrected chi connectivity index (χ2v) is 4.30. The van der Waals surface area contributed by atoms with Gasteiger partial charge in [0.25, 0.3) is 5.69 Å². The molecule has 0 aliphatic rings. The number of nitro groups is 1. The van der Waals surface area contributed by atoms with Gasteiger partial charge in [-0.1, -0.05) is 11.3 Å². The number of benzene rings is 1. The second kappa shape index (κ2) is 4.46. The van der Waals surface area contributed by atoms with E-state index in [4.69, 9.17) is 0 Å².